The van der Waals surface area contributed by atoms with Gasteiger partial charge in [-0.05, 0) is 114 Å². The van der Waals surface area contributed by atoms with Crippen molar-refractivity contribution in [1.82, 2.24) is 15.1 Å². The van der Waals surface area contributed by atoms with Crippen LogP contribution in [0.3, 0.4) is 0 Å². The standard InChI is InChI=1S/C34H54N6/c1-6-11-33(36-28(4)26-39-21-19-38(5)20-22-39)37-31-14-12-29(13-15-31)24-30-25-32(40-17-9-8-10-18-40)23-27(3)34(30)35-16-7-2/h6,11,16,23,25,29,31H,4,7-10,12-15,17-22,24,26H2,1-3,5H3,(H,36,37)/b11-6-,35-16-. The van der Waals surface area contributed by atoms with Gasteiger partial charge in [0, 0.05) is 69.5 Å². The van der Waals surface area contributed by atoms with Crippen LogP contribution in [0.2, 0.25) is 0 Å². The summed E-state index contributed by atoms with van der Waals surface area (Å²) in [5.41, 5.74) is 6.33. The van der Waals surface area contributed by atoms with Crippen molar-refractivity contribution in [3.05, 3.63) is 47.7 Å². The summed E-state index contributed by atoms with van der Waals surface area (Å²) in [5.74, 6) is 1.67. The highest BCUT2D eigenvalue weighted by molar-refractivity contribution is 5.93. The van der Waals surface area contributed by atoms with E-state index in [9.17, 15) is 0 Å². The number of aliphatic imine (C=N–C) groups is 2. The molecule has 2 heterocycles. The molecule has 1 aromatic carbocycles. The normalized spacial score (nSPS) is 23.8. The molecule has 1 aliphatic carbocycles. The van der Waals surface area contributed by atoms with Gasteiger partial charge in [0.1, 0.15) is 5.84 Å². The van der Waals surface area contributed by atoms with Crippen LogP contribution in [0.1, 0.15) is 76.3 Å². The Morgan fingerprint density at radius 3 is 2.42 bits per heavy atom. The number of nitrogens with zero attached hydrogens (tertiary/aromatic N) is 5. The number of nitrogens with one attached hydrogen (secondary N) is 1. The van der Waals surface area contributed by atoms with Crippen LogP contribution in [0, 0.1) is 12.8 Å². The Labute approximate surface area is 244 Å². The zero-order chi connectivity index (χ0) is 28.3. The SMILES string of the molecule is C=C(CN1CCN(C)CC1)/N=C(\C=C/C)NC1CCC(Cc2cc(N3CCCCC3)cc(C)c2/N=C\CC)CC1. The fourth-order valence-corrected chi connectivity index (χ4v) is 6.47. The first-order valence-electron chi connectivity index (χ1n) is 15.9. The molecular formula is C34H54N6. The van der Waals surface area contributed by atoms with Crippen molar-refractivity contribution in [2.45, 2.75) is 84.6 Å². The lowest BCUT2D eigenvalue weighted by Gasteiger charge is -2.32. The van der Waals surface area contributed by atoms with Crippen molar-refractivity contribution in [2.75, 3.05) is 57.8 Å². The van der Waals surface area contributed by atoms with Gasteiger partial charge in [-0.25, -0.2) is 4.99 Å². The third kappa shape index (κ3) is 9.04. The van der Waals surface area contributed by atoms with Crippen LogP contribution in [0.4, 0.5) is 11.4 Å². The number of piperidine rings is 1. The molecule has 0 radical (unpaired) electrons. The minimum Gasteiger partial charge on any atom is -0.372 e. The van der Waals surface area contributed by atoms with E-state index >= 15 is 0 Å². The summed E-state index contributed by atoms with van der Waals surface area (Å²) in [6.45, 7) is 18.4. The Morgan fingerprint density at radius 2 is 1.75 bits per heavy atom. The van der Waals surface area contributed by atoms with Gasteiger partial charge in [-0.1, -0.05) is 19.6 Å². The number of piperazine rings is 1. The third-order valence-corrected chi connectivity index (χ3v) is 8.80. The summed E-state index contributed by atoms with van der Waals surface area (Å²) in [7, 11) is 2.19. The minimum atomic E-state index is 0.474. The summed E-state index contributed by atoms with van der Waals surface area (Å²) in [4.78, 5) is 17.3. The number of likely N-dealkylation sites (N-methyl/N-ethyl adjacent to an activating group) is 1. The van der Waals surface area contributed by atoms with Crippen molar-refractivity contribution in [3.8, 4) is 0 Å². The number of rotatable bonds is 10. The van der Waals surface area contributed by atoms with Crippen molar-refractivity contribution < 1.29 is 0 Å². The molecule has 0 unspecified atom stereocenters. The number of hydrogen-bond acceptors (Lipinski definition) is 5. The topological polar surface area (TPSA) is 46.5 Å². The molecule has 1 N–H and O–H groups in total. The van der Waals surface area contributed by atoms with Crippen molar-refractivity contribution in [3.63, 3.8) is 0 Å². The van der Waals surface area contributed by atoms with Crippen LogP contribution in [-0.4, -0.2) is 80.8 Å². The molecule has 0 bridgehead atoms. The second kappa shape index (κ2) is 15.5. The lowest BCUT2D eigenvalue weighted by Crippen LogP contribution is -2.45. The maximum atomic E-state index is 4.93. The summed E-state index contributed by atoms with van der Waals surface area (Å²) in [6, 6.07) is 5.31. The molecule has 0 aromatic heterocycles. The molecule has 0 spiro atoms. The summed E-state index contributed by atoms with van der Waals surface area (Å²) in [5, 5.41) is 3.76. The highest BCUT2D eigenvalue weighted by Crippen LogP contribution is 2.36. The quantitative estimate of drug-likeness (QED) is 0.268. The van der Waals surface area contributed by atoms with Gasteiger partial charge in [-0.15, -0.1) is 0 Å². The average Bonchev–Trinajstić information content (AvgIpc) is 2.95. The molecule has 220 valence electrons. The van der Waals surface area contributed by atoms with Gasteiger partial charge < -0.3 is 15.1 Å². The molecule has 0 atom stereocenters. The fraction of sp³-hybridized carbons (Fsp3) is 0.647. The molecule has 1 saturated carbocycles. The maximum absolute atomic E-state index is 4.93. The second-order valence-electron chi connectivity index (χ2n) is 12.2. The number of amidine groups is 1. The van der Waals surface area contributed by atoms with E-state index < -0.39 is 0 Å². The van der Waals surface area contributed by atoms with Gasteiger partial charge in [0.05, 0.1) is 5.69 Å². The molecule has 6 heteroatoms. The van der Waals surface area contributed by atoms with E-state index in [0.29, 0.717) is 12.0 Å². The summed E-state index contributed by atoms with van der Waals surface area (Å²) >= 11 is 0. The zero-order valence-corrected chi connectivity index (χ0v) is 25.8. The molecule has 1 aromatic rings. The first kappa shape index (κ1) is 30.5. The zero-order valence-electron chi connectivity index (χ0n) is 25.8. The smallest absolute Gasteiger partial charge is 0.126 e. The molecule has 0 amide bonds. The molecule has 6 nitrogen and oxygen atoms in total. The van der Waals surface area contributed by atoms with Crippen LogP contribution in [0.25, 0.3) is 0 Å². The second-order valence-corrected chi connectivity index (χ2v) is 12.2. The van der Waals surface area contributed by atoms with Crippen molar-refractivity contribution in [1.29, 1.82) is 0 Å². The lowest BCUT2D eigenvalue weighted by molar-refractivity contribution is 0.164. The highest BCUT2D eigenvalue weighted by atomic mass is 15.2. The van der Waals surface area contributed by atoms with Gasteiger partial charge in [0.15, 0.2) is 0 Å². The molecule has 3 fully saturated rings. The molecule has 2 saturated heterocycles. The van der Waals surface area contributed by atoms with Gasteiger partial charge in [-0.2, -0.15) is 0 Å². The highest BCUT2D eigenvalue weighted by Gasteiger charge is 2.24. The molecule has 3 aliphatic rings. The third-order valence-electron chi connectivity index (χ3n) is 8.80. The fourth-order valence-electron chi connectivity index (χ4n) is 6.47. The van der Waals surface area contributed by atoms with Crippen molar-refractivity contribution in [2.24, 2.45) is 15.9 Å². The summed E-state index contributed by atoms with van der Waals surface area (Å²) < 4.78 is 0. The van der Waals surface area contributed by atoms with Crippen LogP contribution in [0.15, 0.2) is 46.5 Å². The Hall–Kier alpha value is -2.44. The van der Waals surface area contributed by atoms with E-state index in [0.717, 1.165) is 57.1 Å². The Balaban J connectivity index is 1.35. The number of allylic oxidation sites excluding steroid dienone is 1. The first-order chi connectivity index (χ1) is 19.4. The van der Waals surface area contributed by atoms with Crippen LogP contribution in [0.5, 0.6) is 0 Å². The van der Waals surface area contributed by atoms with E-state index in [1.807, 2.05) is 0 Å². The average molecular weight is 547 g/mol. The predicted octanol–water partition coefficient (Wildman–Crippen LogP) is 6.52. The Kier molecular flexibility index (Phi) is 11.8. The minimum absolute atomic E-state index is 0.474. The number of hydrogen-bond donors (Lipinski definition) is 1. The van der Waals surface area contributed by atoms with E-state index in [-0.39, 0.29) is 0 Å². The first-order valence-corrected chi connectivity index (χ1v) is 15.9. The van der Waals surface area contributed by atoms with Gasteiger partial charge in [0.25, 0.3) is 0 Å². The van der Waals surface area contributed by atoms with Crippen LogP contribution >= 0.6 is 0 Å². The van der Waals surface area contributed by atoms with Gasteiger partial charge >= 0.3 is 0 Å². The predicted molar refractivity (Wildman–Crippen MR) is 174 cm³/mol. The van der Waals surface area contributed by atoms with Crippen LogP contribution < -0.4 is 10.2 Å². The van der Waals surface area contributed by atoms with Crippen molar-refractivity contribution >= 4 is 23.4 Å². The molecular weight excluding hydrogens is 492 g/mol. The van der Waals surface area contributed by atoms with E-state index in [1.54, 1.807) is 0 Å². The molecule has 4 rings (SSSR count). The van der Waals surface area contributed by atoms with E-state index in [4.69, 9.17) is 9.98 Å². The van der Waals surface area contributed by atoms with Gasteiger partial charge in [-0.3, -0.25) is 9.89 Å². The number of aryl methyl sites for hydroxylation is 1. The molecule has 2 aliphatic heterocycles. The van der Waals surface area contributed by atoms with E-state index in [2.05, 4.69) is 84.9 Å². The monoisotopic (exact) mass is 546 g/mol. The van der Waals surface area contributed by atoms with Gasteiger partial charge in [0.2, 0.25) is 0 Å². The summed E-state index contributed by atoms with van der Waals surface area (Å²) in [6.07, 6.45) is 17.2. The number of anilines is 1. The Morgan fingerprint density at radius 1 is 1.02 bits per heavy atom. The maximum Gasteiger partial charge on any atom is 0.126 e. The molecule has 40 heavy (non-hydrogen) atoms. The number of benzene rings is 1. The largest absolute Gasteiger partial charge is 0.372 e. The Bertz CT molecular complexity index is 1030. The lowest BCUT2D eigenvalue weighted by atomic mass is 9.81. The van der Waals surface area contributed by atoms with E-state index in [1.165, 1.54) is 80.5 Å². The van der Waals surface area contributed by atoms with Crippen LogP contribution in [-0.2, 0) is 6.42 Å².